The molecule has 84 valence electrons. The monoisotopic (exact) mass is 232 g/mol. The normalized spacial score (nSPS) is 19.2. The number of hydrogen-bond donors (Lipinski definition) is 1. The van der Waals surface area contributed by atoms with Crippen LogP contribution in [-0.4, -0.2) is 43.1 Å². The first-order valence-corrected chi connectivity index (χ1v) is 5.65. The molecule has 0 spiro atoms. The molecule has 1 aliphatic heterocycles. The molecule has 1 aromatic rings. The number of nitrogens with zero attached hydrogens (tertiary/aromatic N) is 2. The average molecular weight is 232 g/mol. The highest BCUT2D eigenvalue weighted by Gasteiger charge is 2.17. The van der Waals surface area contributed by atoms with E-state index in [0.29, 0.717) is 18.1 Å². The molecule has 2 heterocycles. The van der Waals surface area contributed by atoms with Gasteiger partial charge < -0.3 is 14.7 Å². The molecular weight excluding hydrogens is 219 g/mol. The van der Waals surface area contributed by atoms with E-state index < -0.39 is 12.8 Å². The summed E-state index contributed by atoms with van der Waals surface area (Å²) in [5.74, 6) is 0. The number of aliphatic hydroxyl groups is 1. The molecule has 1 aliphatic rings. The summed E-state index contributed by atoms with van der Waals surface area (Å²) in [6, 6.07) is 0. The molecule has 1 saturated heterocycles. The van der Waals surface area contributed by atoms with Crippen LogP contribution in [0.1, 0.15) is 11.0 Å². The molecule has 1 N–H and O–H groups in total. The van der Waals surface area contributed by atoms with Crippen LogP contribution in [-0.2, 0) is 4.74 Å². The molecule has 0 aromatic carbocycles. The number of alkyl halides is 1. The Morgan fingerprint density at radius 2 is 2.33 bits per heavy atom. The number of halogens is 1. The van der Waals surface area contributed by atoms with Crippen LogP contribution in [0.15, 0.2) is 6.20 Å². The maximum absolute atomic E-state index is 12.2. The number of aliphatic hydroxyl groups excluding tert-OH is 1. The lowest BCUT2D eigenvalue weighted by molar-refractivity contribution is 0.122. The third-order valence-electron chi connectivity index (χ3n) is 2.27. The lowest BCUT2D eigenvalue weighted by atomic mass is 10.3. The molecule has 0 amide bonds. The lowest BCUT2D eigenvalue weighted by Crippen LogP contribution is -2.36. The Morgan fingerprint density at radius 3 is 3.00 bits per heavy atom. The zero-order chi connectivity index (χ0) is 10.7. The van der Waals surface area contributed by atoms with Gasteiger partial charge in [-0.2, -0.15) is 0 Å². The van der Waals surface area contributed by atoms with Gasteiger partial charge in [0.05, 0.1) is 18.1 Å². The highest BCUT2D eigenvalue weighted by atomic mass is 32.1. The van der Waals surface area contributed by atoms with E-state index in [4.69, 9.17) is 4.74 Å². The molecule has 6 heteroatoms. The second-order valence-electron chi connectivity index (χ2n) is 3.31. The molecule has 2 rings (SSSR count). The van der Waals surface area contributed by atoms with Crippen molar-refractivity contribution in [1.29, 1.82) is 0 Å². The van der Waals surface area contributed by atoms with Crippen molar-refractivity contribution in [2.45, 2.75) is 6.10 Å². The summed E-state index contributed by atoms with van der Waals surface area (Å²) in [7, 11) is 0. The fourth-order valence-corrected chi connectivity index (χ4v) is 2.34. The van der Waals surface area contributed by atoms with Crippen molar-refractivity contribution in [3.63, 3.8) is 0 Å². The van der Waals surface area contributed by atoms with E-state index in [9.17, 15) is 9.50 Å². The van der Waals surface area contributed by atoms with Crippen LogP contribution >= 0.6 is 11.3 Å². The number of aromatic nitrogens is 1. The van der Waals surface area contributed by atoms with Crippen LogP contribution in [0.4, 0.5) is 9.52 Å². The summed E-state index contributed by atoms with van der Waals surface area (Å²) < 4.78 is 17.4. The predicted molar refractivity (Wildman–Crippen MR) is 56.1 cm³/mol. The zero-order valence-corrected chi connectivity index (χ0v) is 9.04. The van der Waals surface area contributed by atoms with Crippen LogP contribution in [0, 0.1) is 0 Å². The summed E-state index contributed by atoms with van der Waals surface area (Å²) in [4.78, 5) is 6.84. The molecule has 0 aliphatic carbocycles. The number of rotatable bonds is 3. The van der Waals surface area contributed by atoms with Crippen molar-refractivity contribution in [2.75, 3.05) is 37.9 Å². The van der Waals surface area contributed by atoms with Gasteiger partial charge in [-0.15, -0.1) is 0 Å². The van der Waals surface area contributed by atoms with Crippen LogP contribution in [0.5, 0.6) is 0 Å². The molecule has 1 unspecified atom stereocenters. The van der Waals surface area contributed by atoms with Gasteiger partial charge in [0, 0.05) is 19.3 Å². The second-order valence-corrected chi connectivity index (χ2v) is 4.36. The smallest absolute Gasteiger partial charge is 0.185 e. The van der Waals surface area contributed by atoms with Gasteiger partial charge in [-0.25, -0.2) is 9.37 Å². The van der Waals surface area contributed by atoms with E-state index in [-0.39, 0.29) is 0 Å². The number of thiazole rings is 1. The van der Waals surface area contributed by atoms with Crippen molar-refractivity contribution in [1.82, 2.24) is 4.98 Å². The lowest BCUT2D eigenvalue weighted by Gasteiger charge is -2.26. The van der Waals surface area contributed by atoms with E-state index in [0.717, 1.165) is 18.2 Å². The van der Waals surface area contributed by atoms with Crippen molar-refractivity contribution in [3.05, 3.63) is 11.1 Å². The Balaban J connectivity index is 2.05. The fraction of sp³-hybridized carbons (Fsp3) is 0.667. The number of ether oxygens (including phenoxy) is 1. The van der Waals surface area contributed by atoms with Gasteiger partial charge in [0.15, 0.2) is 5.13 Å². The Labute approximate surface area is 91.3 Å². The molecule has 1 aromatic heterocycles. The standard InChI is InChI=1S/C9H13FN2O2S/c10-5-7(13)8-6-11-9(15-8)12-1-3-14-4-2-12/h6-7,13H,1-5H2. The van der Waals surface area contributed by atoms with Crippen LogP contribution < -0.4 is 4.90 Å². The van der Waals surface area contributed by atoms with Crippen molar-refractivity contribution < 1.29 is 14.2 Å². The summed E-state index contributed by atoms with van der Waals surface area (Å²) in [5.41, 5.74) is 0. The minimum absolute atomic E-state index is 0.582. The van der Waals surface area contributed by atoms with E-state index in [2.05, 4.69) is 9.88 Å². The number of anilines is 1. The third kappa shape index (κ3) is 2.45. The Kier molecular flexibility index (Phi) is 3.50. The van der Waals surface area contributed by atoms with E-state index in [1.54, 1.807) is 6.20 Å². The maximum Gasteiger partial charge on any atom is 0.185 e. The molecule has 4 nitrogen and oxygen atoms in total. The van der Waals surface area contributed by atoms with Crippen molar-refractivity contribution >= 4 is 16.5 Å². The molecule has 0 saturated carbocycles. The first kappa shape index (κ1) is 10.8. The SMILES string of the molecule is OC(CF)c1cnc(N2CCOCC2)s1. The zero-order valence-electron chi connectivity index (χ0n) is 8.23. The van der Waals surface area contributed by atoms with Gasteiger partial charge in [-0.05, 0) is 0 Å². The molecular formula is C9H13FN2O2S. The Bertz CT molecular complexity index is 315. The maximum atomic E-state index is 12.2. The van der Waals surface area contributed by atoms with Gasteiger partial charge in [-0.3, -0.25) is 0 Å². The fourth-order valence-electron chi connectivity index (χ4n) is 1.41. The molecule has 1 fully saturated rings. The minimum Gasteiger partial charge on any atom is -0.385 e. The quantitative estimate of drug-likeness (QED) is 0.844. The predicted octanol–water partition coefficient (Wildman–Crippen LogP) is 0.983. The van der Waals surface area contributed by atoms with Gasteiger partial charge in [0.25, 0.3) is 0 Å². The van der Waals surface area contributed by atoms with Gasteiger partial charge in [-0.1, -0.05) is 11.3 Å². The van der Waals surface area contributed by atoms with E-state index in [1.807, 2.05) is 0 Å². The summed E-state index contributed by atoms with van der Waals surface area (Å²) in [6.07, 6.45) is 0.511. The molecule has 15 heavy (non-hydrogen) atoms. The van der Waals surface area contributed by atoms with E-state index >= 15 is 0 Å². The first-order valence-electron chi connectivity index (χ1n) is 4.83. The summed E-state index contributed by atoms with van der Waals surface area (Å²) in [6.45, 7) is 2.24. The third-order valence-corrected chi connectivity index (χ3v) is 3.43. The highest BCUT2D eigenvalue weighted by molar-refractivity contribution is 7.15. The summed E-state index contributed by atoms with van der Waals surface area (Å²) in [5, 5.41) is 10.1. The molecule has 1 atom stereocenters. The largest absolute Gasteiger partial charge is 0.385 e. The Hall–Kier alpha value is -0.720. The summed E-state index contributed by atoms with van der Waals surface area (Å²) >= 11 is 1.34. The van der Waals surface area contributed by atoms with Gasteiger partial charge >= 0.3 is 0 Å². The van der Waals surface area contributed by atoms with Crippen LogP contribution in [0.2, 0.25) is 0 Å². The van der Waals surface area contributed by atoms with Gasteiger partial charge in [0.2, 0.25) is 0 Å². The van der Waals surface area contributed by atoms with E-state index in [1.165, 1.54) is 11.3 Å². The topological polar surface area (TPSA) is 45.6 Å². The van der Waals surface area contributed by atoms with Crippen LogP contribution in [0.25, 0.3) is 0 Å². The number of morpholine rings is 1. The van der Waals surface area contributed by atoms with Crippen molar-refractivity contribution in [2.24, 2.45) is 0 Å². The van der Waals surface area contributed by atoms with Crippen molar-refractivity contribution in [3.8, 4) is 0 Å². The highest BCUT2D eigenvalue weighted by Crippen LogP contribution is 2.27. The molecule has 0 radical (unpaired) electrons. The number of hydrogen-bond acceptors (Lipinski definition) is 5. The Morgan fingerprint density at radius 1 is 1.60 bits per heavy atom. The average Bonchev–Trinajstić information content (AvgIpc) is 2.78. The van der Waals surface area contributed by atoms with Gasteiger partial charge in [0.1, 0.15) is 12.8 Å². The minimum atomic E-state index is -1.03. The first-order chi connectivity index (χ1) is 7.31. The van der Waals surface area contributed by atoms with Crippen LogP contribution in [0.3, 0.4) is 0 Å². The second kappa shape index (κ2) is 4.87. The molecule has 0 bridgehead atoms.